The van der Waals surface area contributed by atoms with E-state index in [2.05, 4.69) is 6.92 Å². The van der Waals surface area contributed by atoms with Gasteiger partial charge in [0.05, 0.1) is 18.6 Å². The third-order valence-electron chi connectivity index (χ3n) is 3.44. The second kappa shape index (κ2) is 2.98. The number of ether oxygens (including phenoxy) is 2. The highest BCUT2D eigenvalue weighted by Crippen LogP contribution is 2.63. The Hall–Kier alpha value is -0.570. The summed E-state index contributed by atoms with van der Waals surface area (Å²) < 4.78 is 10.5. The molecule has 1 aliphatic heterocycles. The zero-order valence-corrected chi connectivity index (χ0v) is 8.21. The molecule has 0 aromatic rings. The molecule has 1 saturated heterocycles. The fourth-order valence-corrected chi connectivity index (χ4v) is 2.58. The summed E-state index contributed by atoms with van der Waals surface area (Å²) in [5.41, 5.74) is 0.145. The van der Waals surface area contributed by atoms with Gasteiger partial charge in [-0.1, -0.05) is 6.92 Å². The topological polar surface area (TPSA) is 35.5 Å². The first-order chi connectivity index (χ1) is 6.26. The lowest BCUT2D eigenvalue weighted by molar-refractivity contribution is -0.147. The van der Waals surface area contributed by atoms with Gasteiger partial charge in [0.15, 0.2) is 0 Å². The van der Waals surface area contributed by atoms with Crippen molar-refractivity contribution in [3.8, 4) is 0 Å². The van der Waals surface area contributed by atoms with Crippen LogP contribution < -0.4 is 0 Å². The van der Waals surface area contributed by atoms with Crippen molar-refractivity contribution >= 4 is 5.97 Å². The van der Waals surface area contributed by atoms with Gasteiger partial charge in [0, 0.05) is 12.0 Å². The van der Waals surface area contributed by atoms with Gasteiger partial charge >= 0.3 is 5.97 Å². The van der Waals surface area contributed by atoms with E-state index in [1.54, 1.807) is 0 Å². The molecule has 0 unspecified atom stereocenters. The second-order valence-corrected chi connectivity index (χ2v) is 3.86. The minimum atomic E-state index is -0.0611. The predicted molar refractivity (Wildman–Crippen MR) is 47.2 cm³/mol. The quantitative estimate of drug-likeness (QED) is 0.621. The fraction of sp³-hybridized carbons (Fsp3) is 0.900. The van der Waals surface area contributed by atoms with E-state index >= 15 is 0 Å². The fourth-order valence-electron chi connectivity index (χ4n) is 2.58. The number of hydrogen-bond donors (Lipinski definition) is 0. The Morgan fingerprint density at radius 1 is 1.62 bits per heavy atom. The molecule has 2 aliphatic rings. The highest BCUT2D eigenvalue weighted by molar-refractivity contribution is 5.78. The molecule has 3 nitrogen and oxygen atoms in total. The summed E-state index contributed by atoms with van der Waals surface area (Å²) in [6.07, 6.45) is 2.22. The molecule has 0 N–H and O–H groups in total. The van der Waals surface area contributed by atoms with Gasteiger partial charge in [-0.3, -0.25) is 4.79 Å². The SMILES string of the molecule is CCOC(=O)[C@@H]1[C@H]2OCC[C@]21CC. The maximum absolute atomic E-state index is 11.5. The summed E-state index contributed by atoms with van der Waals surface area (Å²) in [5, 5.41) is 0. The second-order valence-electron chi connectivity index (χ2n) is 3.86. The summed E-state index contributed by atoms with van der Waals surface area (Å²) in [4.78, 5) is 11.5. The minimum absolute atomic E-state index is 0.0335. The highest BCUT2D eigenvalue weighted by Gasteiger charge is 2.71. The lowest BCUT2D eigenvalue weighted by Gasteiger charge is -2.09. The maximum Gasteiger partial charge on any atom is 0.312 e. The number of esters is 1. The molecule has 3 heteroatoms. The van der Waals surface area contributed by atoms with Crippen LogP contribution in [-0.2, 0) is 14.3 Å². The van der Waals surface area contributed by atoms with Crippen molar-refractivity contribution in [2.45, 2.75) is 32.8 Å². The Morgan fingerprint density at radius 2 is 2.38 bits per heavy atom. The van der Waals surface area contributed by atoms with Crippen LogP contribution in [0.25, 0.3) is 0 Å². The normalized spacial score (nSPS) is 41.4. The Bertz CT molecular complexity index is 226. The summed E-state index contributed by atoms with van der Waals surface area (Å²) in [6, 6.07) is 0. The minimum Gasteiger partial charge on any atom is -0.466 e. The number of carbonyl (C=O) groups is 1. The molecule has 0 aromatic carbocycles. The first-order valence-electron chi connectivity index (χ1n) is 5.04. The van der Waals surface area contributed by atoms with Crippen molar-refractivity contribution in [3.05, 3.63) is 0 Å². The van der Waals surface area contributed by atoms with Gasteiger partial charge in [-0.25, -0.2) is 0 Å². The Morgan fingerprint density at radius 3 is 2.92 bits per heavy atom. The molecule has 1 aliphatic carbocycles. The first kappa shape index (κ1) is 9.00. The number of carbonyl (C=O) groups excluding carboxylic acids is 1. The van der Waals surface area contributed by atoms with Crippen LogP contribution in [0.5, 0.6) is 0 Å². The van der Waals surface area contributed by atoms with Gasteiger partial charge < -0.3 is 9.47 Å². The third kappa shape index (κ3) is 1.10. The van der Waals surface area contributed by atoms with E-state index in [1.165, 1.54) is 0 Å². The van der Waals surface area contributed by atoms with E-state index in [9.17, 15) is 4.79 Å². The van der Waals surface area contributed by atoms with Crippen molar-refractivity contribution in [3.63, 3.8) is 0 Å². The van der Waals surface area contributed by atoms with E-state index in [0.717, 1.165) is 19.4 Å². The summed E-state index contributed by atoms with van der Waals surface area (Å²) in [6.45, 7) is 5.26. The van der Waals surface area contributed by atoms with E-state index in [1.807, 2.05) is 6.92 Å². The molecular weight excluding hydrogens is 168 g/mol. The van der Waals surface area contributed by atoms with Crippen molar-refractivity contribution in [1.29, 1.82) is 0 Å². The van der Waals surface area contributed by atoms with E-state index < -0.39 is 0 Å². The van der Waals surface area contributed by atoms with Crippen molar-refractivity contribution in [2.75, 3.05) is 13.2 Å². The highest BCUT2D eigenvalue weighted by atomic mass is 16.5. The summed E-state index contributed by atoms with van der Waals surface area (Å²) in [5.74, 6) is -0.0275. The molecule has 1 saturated carbocycles. The molecule has 3 atom stereocenters. The molecule has 0 bridgehead atoms. The molecule has 0 radical (unpaired) electrons. The Kier molecular flexibility index (Phi) is 2.06. The van der Waals surface area contributed by atoms with Crippen LogP contribution in [0.3, 0.4) is 0 Å². The van der Waals surface area contributed by atoms with Crippen LogP contribution in [0.15, 0.2) is 0 Å². The van der Waals surface area contributed by atoms with Crippen molar-refractivity contribution in [1.82, 2.24) is 0 Å². The number of hydrogen-bond acceptors (Lipinski definition) is 3. The van der Waals surface area contributed by atoms with Crippen LogP contribution in [0.2, 0.25) is 0 Å². The molecule has 2 fully saturated rings. The first-order valence-corrected chi connectivity index (χ1v) is 5.04. The smallest absolute Gasteiger partial charge is 0.312 e. The third-order valence-corrected chi connectivity index (χ3v) is 3.44. The molecule has 0 aromatic heterocycles. The average Bonchev–Trinajstić information content (AvgIpc) is 2.57. The summed E-state index contributed by atoms with van der Waals surface area (Å²) >= 11 is 0. The Labute approximate surface area is 78.4 Å². The molecule has 1 heterocycles. The summed E-state index contributed by atoms with van der Waals surface area (Å²) in [7, 11) is 0. The van der Waals surface area contributed by atoms with Gasteiger partial charge in [-0.2, -0.15) is 0 Å². The standard InChI is InChI=1S/C10H16O3/c1-3-10-5-6-13-8(10)7(10)9(11)12-4-2/h7-8H,3-6H2,1-2H3/t7-,8+,10-/m0/s1. The van der Waals surface area contributed by atoms with Crippen LogP contribution in [-0.4, -0.2) is 25.3 Å². The number of fused-ring (bicyclic) bond motifs is 1. The average molecular weight is 184 g/mol. The van der Waals surface area contributed by atoms with E-state index in [4.69, 9.17) is 9.47 Å². The van der Waals surface area contributed by atoms with Crippen molar-refractivity contribution in [2.24, 2.45) is 11.3 Å². The van der Waals surface area contributed by atoms with Gasteiger partial charge in [0.1, 0.15) is 0 Å². The van der Waals surface area contributed by atoms with Crippen molar-refractivity contribution < 1.29 is 14.3 Å². The predicted octanol–water partition coefficient (Wildman–Crippen LogP) is 1.36. The van der Waals surface area contributed by atoms with E-state index in [-0.39, 0.29) is 23.4 Å². The van der Waals surface area contributed by atoms with Gasteiger partial charge in [-0.05, 0) is 19.8 Å². The van der Waals surface area contributed by atoms with Crippen LogP contribution in [0.4, 0.5) is 0 Å². The lowest BCUT2D eigenvalue weighted by Crippen LogP contribution is -2.15. The largest absolute Gasteiger partial charge is 0.466 e. The monoisotopic (exact) mass is 184 g/mol. The molecule has 0 amide bonds. The van der Waals surface area contributed by atoms with Crippen LogP contribution in [0, 0.1) is 11.3 Å². The van der Waals surface area contributed by atoms with Crippen LogP contribution in [0.1, 0.15) is 26.7 Å². The maximum atomic E-state index is 11.5. The Balaban J connectivity index is 2.01. The molecule has 2 rings (SSSR count). The van der Waals surface area contributed by atoms with Gasteiger partial charge in [0.25, 0.3) is 0 Å². The van der Waals surface area contributed by atoms with Gasteiger partial charge in [0.2, 0.25) is 0 Å². The zero-order chi connectivity index (χ0) is 9.47. The molecule has 0 spiro atoms. The van der Waals surface area contributed by atoms with E-state index in [0.29, 0.717) is 6.61 Å². The lowest BCUT2D eigenvalue weighted by atomic mass is 9.97. The molecule has 13 heavy (non-hydrogen) atoms. The molecule has 74 valence electrons. The molecular formula is C10H16O3. The number of rotatable bonds is 3. The zero-order valence-electron chi connectivity index (χ0n) is 8.21. The van der Waals surface area contributed by atoms with Crippen LogP contribution >= 0.6 is 0 Å². The van der Waals surface area contributed by atoms with Gasteiger partial charge in [-0.15, -0.1) is 0 Å².